The normalized spacial score (nSPS) is 36.8. The van der Waals surface area contributed by atoms with Crippen LogP contribution in [-0.2, 0) is 10.0 Å². The Bertz CT molecular complexity index is 304. The second-order valence-corrected chi connectivity index (χ2v) is 7.18. The first-order valence-electron chi connectivity index (χ1n) is 4.59. The zero-order valence-corrected chi connectivity index (χ0v) is 9.16. The van der Waals surface area contributed by atoms with Crippen molar-refractivity contribution >= 4 is 21.6 Å². The highest BCUT2D eigenvalue weighted by atomic mass is 35.5. The number of halogens is 1. The molecule has 0 bridgehead atoms. The minimum absolute atomic E-state index is 0.0879. The van der Waals surface area contributed by atoms with Crippen LogP contribution < -0.4 is 4.72 Å². The third kappa shape index (κ3) is 1.72. The number of hydrogen-bond donors (Lipinski definition) is 1. The van der Waals surface area contributed by atoms with Gasteiger partial charge in [-0.2, -0.15) is 0 Å². The Morgan fingerprint density at radius 1 is 1.38 bits per heavy atom. The summed E-state index contributed by atoms with van der Waals surface area (Å²) in [6.45, 7) is 1.80. The maximum absolute atomic E-state index is 11.7. The molecule has 5 heteroatoms. The molecule has 0 aromatic heterocycles. The van der Waals surface area contributed by atoms with Gasteiger partial charge in [-0.3, -0.25) is 0 Å². The van der Waals surface area contributed by atoms with Crippen LogP contribution in [0.25, 0.3) is 0 Å². The summed E-state index contributed by atoms with van der Waals surface area (Å²) in [5, 5.41) is 0.166. The van der Waals surface area contributed by atoms with E-state index in [0.717, 1.165) is 25.7 Å². The first-order chi connectivity index (χ1) is 5.93. The summed E-state index contributed by atoms with van der Waals surface area (Å²) >= 11 is 5.77. The van der Waals surface area contributed by atoms with E-state index in [4.69, 9.17) is 11.6 Å². The van der Waals surface area contributed by atoms with Gasteiger partial charge in [-0.05, 0) is 32.6 Å². The van der Waals surface area contributed by atoms with E-state index in [1.807, 2.05) is 0 Å². The zero-order chi connectivity index (χ0) is 9.69. The Morgan fingerprint density at radius 3 is 2.31 bits per heavy atom. The van der Waals surface area contributed by atoms with Crippen LogP contribution in [0.3, 0.4) is 0 Å². The lowest BCUT2D eigenvalue weighted by Gasteiger charge is -2.32. The largest absolute Gasteiger partial charge is 0.217 e. The van der Waals surface area contributed by atoms with Crippen LogP contribution in [0.1, 0.15) is 32.6 Å². The molecule has 2 rings (SSSR count). The Hall–Kier alpha value is 0.200. The predicted octanol–water partition coefficient (Wildman–Crippen LogP) is 1.23. The SMILES string of the molecule is CC1(S(=O)(=O)NC2CC(Cl)C2)CC1. The number of alkyl halides is 1. The van der Waals surface area contributed by atoms with Crippen LogP contribution >= 0.6 is 11.6 Å². The molecule has 2 saturated carbocycles. The molecule has 0 unspecified atom stereocenters. The molecule has 2 fully saturated rings. The number of nitrogens with one attached hydrogen (secondary N) is 1. The van der Waals surface area contributed by atoms with Gasteiger partial charge in [0.2, 0.25) is 10.0 Å². The lowest BCUT2D eigenvalue weighted by Crippen LogP contribution is -2.48. The van der Waals surface area contributed by atoms with Gasteiger partial charge >= 0.3 is 0 Å². The first kappa shape index (κ1) is 9.74. The summed E-state index contributed by atoms with van der Waals surface area (Å²) in [4.78, 5) is 0. The van der Waals surface area contributed by atoms with Gasteiger partial charge in [-0.25, -0.2) is 13.1 Å². The van der Waals surface area contributed by atoms with Gasteiger partial charge in [0, 0.05) is 11.4 Å². The number of sulfonamides is 1. The molecule has 0 heterocycles. The average Bonchev–Trinajstić information content (AvgIpc) is 2.65. The van der Waals surface area contributed by atoms with Crippen molar-refractivity contribution in [1.29, 1.82) is 0 Å². The van der Waals surface area contributed by atoms with Crippen LogP contribution in [0.15, 0.2) is 0 Å². The minimum Gasteiger partial charge on any atom is -0.212 e. The van der Waals surface area contributed by atoms with Gasteiger partial charge in [0.25, 0.3) is 0 Å². The van der Waals surface area contributed by atoms with Gasteiger partial charge in [0.1, 0.15) is 0 Å². The second-order valence-electron chi connectivity index (χ2n) is 4.34. The summed E-state index contributed by atoms with van der Waals surface area (Å²) in [7, 11) is -3.08. The molecular formula is C8H14ClNO2S. The molecule has 0 spiro atoms. The van der Waals surface area contributed by atoms with Crippen molar-refractivity contribution in [3.63, 3.8) is 0 Å². The molecule has 1 N–H and O–H groups in total. The molecular weight excluding hydrogens is 210 g/mol. The van der Waals surface area contributed by atoms with Crippen LogP contribution in [0, 0.1) is 0 Å². The third-order valence-corrected chi connectivity index (χ3v) is 5.71. The molecule has 0 aromatic rings. The van der Waals surface area contributed by atoms with E-state index in [2.05, 4.69) is 4.72 Å². The van der Waals surface area contributed by atoms with Gasteiger partial charge in [0.05, 0.1) is 4.75 Å². The first-order valence-corrected chi connectivity index (χ1v) is 6.51. The quantitative estimate of drug-likeness (QED) is 0.732. The molecule has 13 heavy (non-hydrogen) atoms. The van der Waals surface area contributed by atoms with Gasteiger partial charge in [0.15, 0.2) is 0 Å². The van der Waals surface area contributed by atoms with Crippen molar-refractivity contribution in [2.45, 2.75) is 48.8 Å². The molecule has 2 aliphatic rings. The molecule has 2 aliphatic carbocycles. The average molecular weight is 224 g/mol. The zero-order valence-electron chi connectivity index (χ0n) is 7.59. The van der Waals surface area contributed by atoms with Gasteiger partial charge in [-0.1, -0.05) is 0 Å². The Morgan fingerprint density at radius 2 is 1.92 bits per heavy atom. The summed E-state index contributed by atoms with van der Waals surface area (Å²) in [6.07, 6.45) is 3.13. The van der Waals surface area contributed by atoms with Crippen LogP contribution in [0.5, 0.6) is 0 Å². The van der Waals surface area contributed by atoms with E-state index in [1.54, 1.807) is 6.92 Å². The molecule has 3 nitrogen and oxygen atoms in total. The van der Waals surface area contributed by atoms with Crippen molar-refractivity contribution in [1.82, 2.24) is 4.72 Å². The van der Waals surface area contributed by atoms with E-state index >= 15 is 0 Å². The van der Waals surface area contributed by atoms with Gasteiger partial charge in [-0.15, -0.1) is 11.6 Å². The molecule has 0 aliphatic heterocycles. The maximum Gasteiger partial charge on any atom is 0.217 e. The van der Waals surface area contributed by atoms with Crippen molar-refractivity contribution in [2.24, 2.45) is 0 Å². The minimum atomic E-state index is -3.08. The number of hydrogen-bond acceptors (Lipinski definition) is 2. The van der Waals surface area contributed by atoms with Crippen molar-refractivity contribution in [3.8, 4) is 0 Å². The molecule has 0 radical (unpaired) electrons. The standard InChI is InChI=1S/C8H14ClNO2S/c1-8(2-3-8)13(11,12)10-7-4-6(9)5-7/h6-7,10H,2-5H2,1H3. The van der Waals surface area contributed by atoms with E-state index in [0.29, 0.717) is 0 Å². The van der Waals surface area contributed by atoms with Crippen LogP contribution in [0.4, 0.5) is 0 Å². The highest BCUT2D eigenvalue weighted by Gasteiger charge is 2.51. The predicted molar refractivity (Wildman–Crippen MR) is 52.4 cm³/mol. The lowest BCUT2D eigenvalue weighted by molar-refractivity contribution is 0.389. The van der Waals surface area contributed by atoms with Crippen molar-refractivity contribution in [3.05, 3.63) is 0 Å². The fourth-order valence-corrected chi connectivity index (χ4v) is 3.44. The molecule has 0 amide bonds. The summed E-state index contributed by atoms with van der Waals surface area (Å²) in [5.41, 5.74) is 0. The topological polar surface area (TPSA) is 46.2 Å². The summed E-state index contributed by atoms with van der Waals surface area (Å²) < 4.78 is 25.6. The highest BCUT2D eigenvalue weighted by molar-refractivity contribution is 7.91. The van der Waals surface area contributed by atoms with Crippen molar-refractivity contribution < 1.29 is 8.42 Å². The third-order valence-electron chi connectivity index (χ3n) is 3.01. The maximum atomic E-state index is 11.7. The van der Waals surface area contributed by atoms with Crippen LogP contribution in [0.2, 0.25) is 0 Å². The van der Waals surface area contributed by atoms with E-state index < -0.39 is 14.8 Å². The molecule has 0 atom stereocenters. The highest BCUT2D eigenvalue weighted by Crippen LogP contribution is 2.43. The monoisotopic (exact) mass is 223 g/mol. The lowest BCUT2D eigenvalue weighted by atomic mass is 9.94. The summed E-state index contributed by atoms with van der Waals surface area (Å²) in [5.74, 6) is 0. The Balaban J connectivity index is 1.94. The fraction of sp³-hybridized carbons (Fsp3) is 1.00. The summed E-state index contributed by atoms with van der Waals surface area (Å²) in [6, 6.07) is 0.0879. The fourth-order valence-electron chi connectivity index (χ4n) is 1.45. The van der Waals surface area contributed by atoms with Crippen LogP contribution in [-0.4, -0.2) is 24.6 Å². The van der Waals surface area contributed by atoms with Crippen molar-refractivity contribution in [2.75, 3.05) is 0 Å². The second kappa shape index (κ2) is 2.84. The molecule has 0 aromatic carbocycles. The number of rotatable bonds is 3. The van der Waals surface area contributed by atoms with E-state index in [1.165, 1.54) is 0 Å². The Labute approximate surface area is 83.9 Å². The molecule has 0 saturated heterocycles. The van der Waals surface area contributed by atoms with E-state index in [-0.39, 0.29) is 11.4 Å². The molecule has 76 valence electrons. The van der Waals surface area contributed by atoms with E-state index in [9.17, 15) is 8.42 Å². The smallest absolute Gasteiger partial charge is 0.212 e. The van der Waals surface area contributed by atoms with Gasteiger partial charge < -0.3 is 0 Å². The Kier molecular flexibility index (Phi) is 2.13.